The number of benzene rings is 1. The van der Waals surface area contributed by atoms with Crippen molar-refractivity contribution in [2.45, 2.75) is 62.8 Å². The largest absolute Gasteiger partial charge is 0.461 e. The summed E-state index contributed by atoms with van der Waals surface area (Å²) >= 11 is 0.916. The molecule has 7 rings (SSSR count). The van der Waals surface area contributed by atoms with E-state index in [0.29, 0.717) is 43.6 Å². The highest BCUT2D eigenvalue weighted by molar-refractivity contribution is 7.23. The summed E-state index contributed by atoms with van der Waals surface area (Å²) in [7, 11) is 1.84. The molecule has 6 heterocycles. The number of likely N-dealkylation sites (tertiary alicyclic amines) is 1. The van der Waals surface area contributed by atoms with E-state index >= 15 is 4.39 Å². The zero-order chi connectivity index (χ0) is 33.9. The molecule has 3 fully saturated rings. The van der Waals surface area contributed by atoms with Crippen molar-refractivity contribution in [2.24, 2.45) is 0 Å². The van der Waals surface area contributed by atoms with Gasteiger partial charge in [0, 0.05) is 43.7 Å². The van der Waals surface area contributed by atoms with Gasteiger partial charge in [-0.25, -0.2) is 13.2 Å². The number of anilines is 2. The molecule has 3 aromatic heterocycles. The van der Waals surface area contributed by atoms with E-state index in [4.69, 9.17) is 15.5 Å². The van der Waals surface area contributed by atoms with Crippen molar-refractivity contribution >= 4 is 49.1 Å². The molecule has 0 spiro atoms. The minimum Gasteiger partial charge on any atom is -0.461 e. The fraction of sp³-hybridized carbons (Fsp3) is 0.441. The minimum absolute atomic E-state index is 0.0477. The third-order valence-electron chi connectivity index (χ3n) is 10.3. The number of thiophene rings is 1. The predicted molar refractivity (Wildman–Crippen MR) is 179 cm³/mol. The van der Waals surface area contributed by atoms with E-state index in [9.17, 15) is 18.8 Å². The summed E-state index contributed by atoms with van der Waals surface area (Å²) in [6.45, 7) is 7.45. The Morgan fingerprint density at radius 3 is 2.90 bits per heavy atom. The lowest BCUT2D eigenvalue weighted by atomic mass is 9.95. The summed E-state index contributed by atoms with van der Waals surface area (Å²) in [6, 6.07) is 4.20. The van der Waals surface area contributed by atoms with Crippen LogP contribution >= 0.6 is 11.3 Å². The van der Waals surface area contributed by atoms with Gasteiger partial charge < -0.3 is 20.3 Å². The molecule has 250 valence electrons. The van der Waals surface area contributed by atoms with Crippen molar-refractivity contribution in [2.75, 3.05) is 43.9 Å². The smallest absolute Gasteiger partial charge is 0.319 e. The van der Waals surface area contributed by atoms with Crippen molar-refractivity contribution < 1.29 is 22.7 Å². The van der Waals surface area contributed by atoms with Crippen molar-refractivity contribution in [3.63, 3.8) is 0 Å². The number of ether oxygens (including phenoxy) is 1. The van der Waals surface area contributed by atoms with Crippen LogP contribution in [0.4, 0.5) is 24.0 Å². The molecule has 4 aromatic rings. The van der Waals surface area contributed by atoms with Crippen LogP contribution in [0, 0.1) is 23.0 Å². The third-order valence-corrected chi connectivity index (χ3v) is 11.3. The van der Waals surface area contributed by atoms with Gasteiger partial charge in [-0.3, -0.25) is 14.7 Å². The lowest BCUT2D eigenvalue weighted by molar-refractivity contribution is -0.126. The van der Waals surface area contributed by atoms with Gasteiger partial charge in [-0.15, -0.1) is 11.3 Å². The number of pyridine rings is 1. The second kappa shape index (κ2) is 12.2. The van der Waals surface area contributed by atoms with Crippen LogP contribution in [0.25, 0.3) is 32.2 Å². The molecule has 4 atom stereocenters. The highest BCUT2D eigenvalue weighted by Gasteiger charge is 2.49. The normalized spacial score (nSPS) is 23.9. The Bertz CT molecular complexity index is 2000. The summed E-state index contributed by atoms with van der Waals surface area (Å²) in [5.41, 5.74) is 5.60. The quantitative estimate of drug-likeness (QED) is 0.238. The molecule has 1 aromatic carbocycles. The number of nitrogen functional groups attached to an aromatic ring is 1. The molecule has 3 aliphatic heterocycles. The Balaban J connectivity index is 1.36. The van der Waals surface area contributed by atoms with Crippen LogP contribution in [0.1, 0.15) is 44.6 Å². The average Bonchev–Trinajstić information content (AvgIpc) is 3.84. The number of halogens is 3. The van der Waals surface area contributed by atoms with Crippen LogP contribution in [0.3, 0.4) is 0 Å². The van der Waals surface area contributed by atoms with Gasteiger partial charge in [0.2, 0.25) is 5.91 Å². The molecule has 10 nitrogen and oxygen atoms in total. The van der Waals surface area contributed by atoms with E-state index in [0.717, 1.165) is 30.7 Å². The molecule has 3 aliphatic rings. The van der Waals surface area contributed by atoms with Crippen molar-refractivity contribution in [3.05, 3.63) is 48.2 Å². The second-order valence-corrected chi connectivity index (χ2v) is 13.9. The maximum Gasteiger partial charge on any atom is 0.319 e. The van der Waals surface area contributed by atoms with Gasteiger partial charge in [-0.05, 0) is 50.4 Å². The third kappa shape index (κ3) is 5.02. The van der Waals surface area contributed by atoms with Crippen LogP contribution in [0.5, 0.6) is 6.01 Å². The molecule has 2 N–H and O–H groups in total. The fourth-order valence-electron chi connectivity index (χ4n) is 8.02. The first-order chi connectivity index (χ1) is 23.1. The lowest BCUT2D eigenvalue weighted by Gasteiger charge is -2.34. The van der Waals surface area contributed by atoms with Gasteiger partial charge in [-0.1, -0.05) is 13.5 Å². The van der Waals surface area contributed by atoms with E-state index in [2.05, 4.69) is 21.4 Å². The first-order valence-corrected chi connectivity index (χ1v) is 16.9. The van der Waals surface area contributed by atoms with Crippen LogP contribution in [-0.4, -0.2) is 87.7 Å². The monoisotopic (exact) mass is 676 g/mol. The fourth-order valence-corrected chi connectivity index (χ4v) is 8.97. The van der Waals surface area contributed by atoms with Gasteiger partial charge in [-0.2, -0.15) is 15.2 Å². The second-order valence-electron chi connectivity index (χ2n) is 12.8. The molecule has 0 radical (unpaired) electrons. The zero-order valence-corrected chi connectivity index (χ0v) is 27.5. The number of likely N-dealkylation sites (N-methyl/N-ethyl adjacent to an activating group) is 1. The number of carbonyl (C=O) groups excluding carboxylic acids is 1. The van der Waals surface area contributed by atoms with E-state index < -0.39 is 23.3 Å². The predicted octanol–water partition coefficient (Wildman–Crippen LogP) is 5.60. The van der Waals surface area contributed by atoms with Crippen molar-refractivity contribution in [3.8, 4) is 23.3 Å². The number of carbonyl (C=O) groups is 1. The van der Waals surface area contributed by atoms with Gasteiger partial charge in [0.25, 0.3) is 0 Å². The minimum atomic E-state index is -0.953. The Kier molecular flexibility index (Phi) is 8.15. The van der Waals surface area contributed by atoms with Crippen LogP contribution in [0.15, 0.2) is 31.0 Å². The van der Waals surface area contributed by atoms with Gasteiger partial charge in [0.1, 0.15) is 46.7 Å². The molecule has 0 unspecified atom stereocenters. The number of alkyl halides is 1. The Labute approximate surface area is 279 Å². The van der Waals surface area contributed by atoms with Gasteiger partial charge in [0.05, 0.1) is 33.3 Å². The summed E-state index contributed by atoms with van der Waals surface area (Å²) in [5, 5.41) is 10.4. The van der Waals surface area contributed by atoms with Crippen molar-refractivity contribution in [1.29, 1.82) is 5.26 Å². The number of nitrogens with two attached hydrogens (primary N) is 1. The van der Waals surface area contributed by atoms with Crippen LogP contribution in [0.2, 0.25) is 0 Å². The number of nitriles is 1. The summed E-state index contributed by atoms with van der Waals surface area (Å²) in [4.78, 5) is 32.3. The number of fused-ring (bicyclic) bond motifs is 3. The standard InChI is InChI=1S/C34H35F3N8O2S/c1-4-23-24(9-12-45(23)25(46)5-2)43(3)32-21-15-40-28(19-7-8-22(36)30-26(19)20(14-38)31(39)48-30)27(37)29(21)41-33(42-32)47-17-34-10-6-11-44(34)16-18(35)13-34/h5,7-8,15,18,23-24H,2,4,6,9-13,16-17,39H2,1,3H3/t18-,23-,24-,34+/m1/s1. The Morgan fingerprint density at radius 1 is 1.33 bits per heavy atom. The van der Waals surface area contributed by atoms with E-state index in [1.807, 2.05) is 24.9 Å². The van der Waals surface area contributed by atoms with Crippen molar-refractivity contribution in [1.82, 2.24) is 24.8 Å². The van der Waals surface area contributed by atoms with E-state index in [1.54, 1.807) is 4.90 Å². The molecule has 1 amide bonds. The topological polar surface area (TPSA) is 125 Å². The number of amides is 1. The molecule has 0 saturated carbocycles. The number of rotatable bonds is 8. The highest BCUT2D eigenvalue weighted by atomic mass is 32.1. The van der Waals surface area contributed by atoms with E-state index in [1.165, 1.54) is 24.4 Å². The number of nitrogens with zero attached hydrogens (tertiary/aromatic N) is 7. The number of hydrogen-bond donors (Lipinski definition) is 1. The summed E-state index contributed by atoms with van der Waals surface area (Å²) in [6.07, 6.45) is 5.17. The molecule has 0 bridgehead atoms. The molecule has 48 heavy (non-hydrogen) atoms. The number of aromatic nitrogens is 3. The summed E-state index contributed by atoms with van der Waals surface area (Å²) < 4.78 is 52.5. The first-order valence-electron chi connectivity index (χ1n) is 16.1. The molecule has 14 heteroatoms. The summed E-state index contributed by atoms with van der Waals surface area (Å²) in [5.74, 6) is -1.18. The molecule has 0 aliphatic carbocycles. The SMILES string of the molecule is C=CC(=O)N1CC[C@@H](N(C)c2nc(OC[C@@]34CCCN3C[C@H](F)C4)nc3c(F)c(-c4ccc(F)c5sc(N)c(C#N)c45)ncc23)[C@H]1CC. The zero-order valence-electron chi connectivity index (χ0n) is 26.7. The Hall–Kier alpha value is -4.48. The molecule has 3 saturated heterocycles. The lowest BCUT2D eigenvalue weighted by Crippen LogP contribution is -2.45. The molecular formula is C34H35F3N8O2S. The maximum absolute atomic E-state index is 16.8. The maximum atomic E-state index is 16.8. The number of hydrogen-bond acceptors (Lipinski definition) is 10. The van der Waals surface area contributed by atoms with Crippen LogP contribution < -0.4 is 15.4 Å². The van der Waals surface area contributed by atoms with Crippen LogP contribution in [-0.2, 0) is 4.79 Å². The highest BCUT2D eigenvalue weighted by Crippen LogP contribution is 2.43. The van der Waals surface area contributed by atoms with Gasteiger partial charge in [0.15, 0.2) is 5.82 Å². The average molecular weight is 677 g/mol. The first kappa shape index (κ1) is 32.1. The molecular weight excluding hydrogens is 641 g/mol. The van der Waals surface area contributed by atoms with E-state index in [-0.39, 0.29) is 68.0 Å². The Morgan fingerprint density at radius 2 is 2.15 bits per heavy atom. The van der Waals surface area contributed by atoms with Gasteiger partial charge >= 0.3 is 6.01 Å².